The predicted octanol–water partition coefficient (Wildman–Crippen LogP) is 18.8. The number of carbonyl (C=O) groups excluding carboxylic acids is 2. The molecule has 0 aromatic rings. The van der Waals surface area contributed by atoms with E-state index < -0.39 is 26.5 Å². The van der Waals surface area contributed by atoms with Gasteiger partial charge in [0.2, 0.25) is 0 Å². The first-order valence-corrected chi connectivity index (χ1v) is 31.9. The molecule has 2 unspecified atom stereocenters. The van der Waals surface area contributed by atoms with Crippen molar-refractivity contribution in [2.75, 3.05) is 47.5 Å². The summed E-state index contributed by atoms with van der Waals surface area (Å²) in [5.41, 5.74) is 0. The van der Waals surface area contributed by atoms with E-state index in [1.165, 1.54) is 225 Å². The van der Waals surface area contributed by atoms with Gasteiger partial charge in [0, 0.05) is 12.8 Å². The Hall–Kier alpha value is -1.25. The molecule has 0 saturated heterocycles. The average molecular weight is 1010 g/mol. The number of carbonyl (C=O) groups is 2. The van der Waals surface area contributed by atoms with Crippen LogP contribution in [-0.2, 0) is 32.7 Å². The summed E-state index contributed by atoms with van der Waals surface area (Å²) in [4.78, 5) is 35.7. The van der Waals surface area contributed by atoms with E-state index in [1.807, 2.05) is 21.1 Å². The molecule has 0 rings (SSSR count). The average Bonchev–Trinajstić information content (AvgIpc) is 3.32. The molecule has 10 heteroatoms. The molecule has 0 heterocycles. The van der Waals surface area contributed by atoms with Crippen LogP contribution in [0.4, 0.5) is 0 Å². The number of rotatable bonds is 57. The summed E-state index contributed by atoms with van der Waals surface area (Å²) in [6, 6.07) is 0. The van der Waals surface area contributed by atoms with Crippen molar-refractivity contribution in [3.63, 3.8) is 0 Å². The maximum absolute atomic E-state index is 12.8. The molecule has 1 N–H and O–H groups in total. The fraction of sp³-hybridized carbons (Fsp3) is 0.933. The number of hydrogen-bond acceptors (Lipinski definition) is 7. The van der Waals surface area contributed by atoms with Gasteiger partial charge in [-0.1, -0.05) is 270 Å². The fourth-order valence-electron chi connectivity index (χ4n) is 9.07. The van der Waals surface area contributed by atoms with Crippen LogP contribution in [0.25, 0.3) is 0 Å². The topological polar surface area (TPSA) is 108 Å². The van der Waals surface area contributed by atoms with E-state index in [0.717, 1.165) is 51.4 Å². The van der Waals surface area contributed by atoms with Crippen LogP contribution in [0, 0.1) is 0 Å². The number of nitrogens with zero attached hydrogens (tertiary/aromatic N) is 1. The van der Waals surface area contributed by atoms with Crippen molar-refractivity contribution in [2.45, 2.75) is 315 Å². The summed E-state index contributed by atoms with van der Waals surface area (Å²) in [6.07, 6.45) is 61.6. The van der Waals surface area contributed by atoms with E-state index in [4.69, 9.17) is 18.5 Å². The first kappa shape index (κ1) is 68.8. The maximum Gasteiger partial charge on any atom is 0.472 e. The van der Waals surface area contributed by atoms with Crippen LogP contribution < -0.4 is 0 Å². The number of ether oxygens (including phenoxy) is 2. The molecular weight excluding hydrogens is 894 g/mol. The molecule has 0 spiro atoms. The molecule has 9 nitrogen and oxygen atoms in total. The van der Waals surface area contributed by atoms with Crippen molar-refractivity contribution in [2.24, 2.45) is 0 Å². The Labute approximate surface area is 435 Å². The molecule has 0 amide bonds. The lowest BCUT2D eigenvalue weighted by molar-refractivity contribution is -0.870. The molecule has 0 aliphatic rings. The number of esters is 2. The van der Waals surface area contributed by atoms with Crippen LogP contribution in [0.2, 0.25) is 0 Å². The molecule has 0 aliphatic carbocycles. The third-order valence-electron chi connectivity index (χ3n) is 13.8. The summed E-state index contributed by atoms with van der Waals surface area (Å²) in [5, 5.41) is 0. The molecule has 2 atom stereocenters. The normalized spacial score (nSPS) is 13.3. The summed E-state index contributed by atoms with van der Waals surface area (Å²) >= 11 is 0. The van der Waals surface area contributed by atoms with Crippen LogP contribution >= 0.6 is 7.82 Å². The minimum absolute atomic E-state index is 0.0337. The Balaban J connectivity index is 4.00. The van der Waals surface area contributed by atoms with Crippen LogP contribution in [0.5, 0.6) is 0 Å². The van der Waals surface area contributed by atoms with Gasteiger partial charge in [0.15, 0.2) is 6.10 Å². The monoisotopic (exact) mass is 1010 g/mol. The molecule has 0 fully saturated rings. The highest BCUT2D eigenvalue weighted by Crippen LogP contribution is 2.43. The van der Waals surface area contributed by atoms with Gasteiger partial charge in [-0.25, -0.2) is 4.57 Å². The zero-order valence-corrected chi connectivity index (χ0v) is 48.2. The zero-order chi connectivity index (χ0) is 51.3. The summed E-state index contributed by atoms with van der Waals surface area (Å²) in [5.74, 6) is -0.789. The van der Waals surface area contributed by atoms with Gasteiger partial charge < -0.3 is 18.9 Å². The molecule has 0 saturated carbocycles. The van der Waals surface area contributed by atoms with Gasteiger partial charge in [0.1, 0.15) is 19.8 Å². The molecule has 70 heavy (non-hydrogen) atoms. The molecule has 0 radical (unpaired) electrons. The van der Waals surface area contributed by atoms with E-state index in [9.17, 15) is 19.0 Å². The van der Waals surface area contributed by atoms with Crippen LogP contribution in [-0.4, -0.2) is 74.9 Å². The molecular formula is C60H119NO8P+. The second-order valence-corrected chi connectivity index (χ2v) is 23.6. The highest BCUT2D eigenvalue weighted by molar-refractivity contribution is 7.47. The fourth-order valence-corrected chi connectivity index (χ4v) is 9.81. The predicted molar refractivity (Wildman–Crippen MR) is 298 cm³/mol. The number of phosphoric ester groups is 1. The quantitative estimate of drug-likeness (QED) is 0.0211. The number of quaternary nitrogens is 1. The molecule has 0 bridgehead atoms. The van der Waals surface area contributed by atoms with Gasteiger partial charge >= 0.3 is 19.8 Å². The summed E-state index contributed by atoms with van der Waals surface area (Å²) in [7, 11) is 1.49. The van der Waals surface area contributed by atoms with Gasteiger partial charge in [-0.15, -0.1) is 0 Å². The minimum Gasteiger partial charge on any atom is -0.462 e. The highest BCUT2D eigenvalue weighted by Gasteiger charge is 2.27. The van der Waals surface area contributed by atoms with E-state index in [2.05, 4.69) is 26.0 Å². The highest BCUT2D eigenvalue weighted by atomic mass is 31.2. The zero-order valence-electron chi connectivity index (χ0n) is 47.3. The number of likely N-dealkylation sites (N-methyl/N-ethyl adjacent to an activating group) is 1. The third-order valence-corrected chi connectivity index (χ3v) is 14.8. The van der Waals surface area contributed by atoms with Gasteiger partial charge in [-0.2, -0.15) is 0 Å². The largest absolute Gasteiger partial charge is 0.472 e. The van der Waals surface area contributed by atoms with Gasteiger partial charge in [0.05, 0.1) is 27.7 Å². The third kappa shape index (κ3) is 56.1. The minimum atomic E-state index is -4.38. The SMILES string of the molecule is CCCCCCCCC/C=C\CCCCCCCC(=O)OC(COC(=O)CCCCCCCCCCCCCCCCCCCCCCCCCCCCCCCC)COP(=O)(O)OCC[N+](C)(C)C. The van der Waals surface area contributed by atoms with E-state index >= 15 is 0 Å². The lowest BCUT2D eigenvalue weighted by Crippen LogP contribution is -2.37. The maximum atomic E-state index is 12.8. The first-order chi connectivity index (χ1) is 34.0. The lowest BCUT2D eigenvalue weighted by Gasteiger charge is -2.24. The van der Waals surface area contributed by atoms with Crippen molar-refractivity contribution < 1.29 is 42.1 Å². The number of unbranched alkanes of at least 4 members (excludes halogenated alkanes) is 41. The van der Waals surface area contributed by atoms with Crippen molar-refractivity contribution in [3.8, 4) is 0 Å². The van der Waals surface area contributed by atoms with E-state index in [-0.39, 0.29) is 25.6 Å². The van der Waals surface area contributed by atoms with Crippen LogP contribution in [0.15, 0.2) is 12.2 Å². The van der Waals surface area contributed by atoms with Crippen LogP contribution in [0.1, 0.15) is 309 Å². The lowest BCUT2D eigenvalue weighted by atomic mass is 10.0. The Morgan fingerprint density at radius 1 is 0.429 bits per heavy atom. The molecule has 0 aliphatic heterocycles. The standard InChI is InChI=1S/C60H118NO8P/c1-6-8-10-12-14-16-18-20-22-24-25-26-27-28-29-30-31-32-33-34-35-36-37-39-40-42-44-46-48-50-52-59(62)66-56-58(57-68-70(64,65)67-55-54-61(3,4)5)69-60(63)53-51-49-47-45-43-41-38-23-21-19-17-15-13-11-9-7-2/h23,38,58H,6-22,24-37,39-57H2,1-5H3/p+1/b38-23-. The number of allylic oxidation sites excluding steroid dienone is 2. The van der Waals surface area contributed by atoms with Crippen molar-refractivity contribution in [3.05, 3.63) is 12.2 Å². The number of phosphoric acid groups is 1. The van der Waals surface area contributed by atoms with E-state index in [1.54, 1.807) is 0 Å². The second kappa shape index (κ2) is 52.6. The van der Waals surface area contributed by atoms with Crippen molar-refractivity contribution >= 4 is 19.8 Å². The molecule has 0 aromatic carbocycles. The smallest absolute Gasteiger partial charge is 0.462 e. The van der Waals surface area contributed by atoms with E-state index in [0.29, 0.717) is 23.9 Å². The summed E-state index contributed by atoms with van der Waals surface area (Å²) in [6.45, 7) is 4.48. The molecule has 0 aromatic heterocycles. The Morgan fingerprint density at radius 3 is 1.06 bits per heavy atom. The molecule has 416 valence electrons. The van der Waals surface area contributed by atoms with Crippen molar-refractivity contribution in [1.29, 1.82) is 0 Å². The van der Waals surface area contributed by atoms with Crippen molar-refractivity contribution in [1.82, 2.24) is 0 Å². The summed E-state index contributed by atoms with van der Waals surface area (Å²) < 4.78 is 34.6. The Kier molecular flexibility index (Phi) is 51.7. The van der Waals surface area contributed by atoms with Crippen LogP contribution in [0.3, 0.4) is 0 Å². The number of hydrogen-bond donors (Lipinski definition) is 1. The Morgan fingerprint density at radius 2 is 0.729 bits per heavy atom. The first-order valence-electron chi connectivity index (χ1n) is 30.4. The van der Waals surface area contributed by atoms with Gasteiger partial charge in [-0.05, 0) is 38.5 Å². The second-order valence-electron chi connectivity index (χ2n) is 22.1. The van der Waals surface area contributed by atoms with Gasteiger partial charge in [-0.3, -0.25) is 18.6 Å². The Bertz CT molecular complexity index is 1190. The van der Waals surface area contributed by atoms with Gasteiger partial charge in [0.25, 0.3) is 0 Å².